The molecule has 194 valence electrons. The van der Waals surface area contributed by atoms with Crippen molar-refractivity contribution in [2.45, 2.75) is 66.0 Å². The van der Waals surface area contributed by atoms with Gasteiger partial charge in [0.05, 0.1) is 18.1 Å². The minimum atomic E-state index is 0. The van der Waals surface area contributed by atoms with Crippen LogP contribution in [0, 0.1) is 9.25 Å². The summed E-state index contributed by atoms with van der Waals surface area (Å²) in [6.07, 6.45) is 9.88. The number of rotatable bonds is 11. The van der Waals surface area contributed by atoms with Crippen LogP contribution in [0.3, 0.4) is 0 Å². The lowest BCUT2D eigenvalue weighted by molar-refractivity contribution is 0.354. The molecule has 0 unspecified atom stereocenters. The summed E-state index contributed by atoms with van der Waals surface area (Å²) in [5.74, 6) is 1.02. The number of aromatic nitrogens is 4. The van der Waals surface area contributed by atoms with Crippen LogP contribution in [-0.2, 0) is 13.1 Å². The van der Waals surface area contributed by atoms with E-state index in [0.717, 1.165) is 47.8 Å². The molecule has 2 aromatic heterocycles. The zero-order valence-corrected chi connectivity index (χ0v) is 24.9. The van der Waals surface area contributed by atoms with E-state index in [0.29, 0.717) is 5.41 Å². The minimum absolute atomic E-state index is 0. The van der Waals surface area contributed by atoms with Crippen LogP contribution in [0.1, 0.15) is 52.9 Å². The van der Waals surface area contributed by atoms with E-state index in [4.69, 9.17) is 4.98 Å². The van der Waals surface area contributed by atoms with Crippen molar-refractivity contribution in [3.63, 3.8) is 0 Å². The molecule has 2 heterocycles. The fourth-order valence-corrected chi connectivity index (χ4v) is 5.29. The van der Waals surface area contributed by atoms with Crippen molar-refractivity contribution < 1.29 is 0 Å². The lowest BCUT2D eigenvalue weighted by atomic mass is 9.90. The van der Waals surface area contributed by atoms with Crippen molar-refractivity contribution in [2.24, 2.45) is 5.41 Å². The van der Waals surface area contributed by atoms with Crippen molar-refractivity contribution in [1.29, 1.82) is 0 Å². The van der Waals surface area contributed by atoms with Gasteiger partial charge in [0, 0.05) is 18.7 Å². The highest BCUT2D eigenvalue weighted by Crippen LogP contribution is 2.31. The SMILES string of the molecule is CNCCCCCn1c(-c2ncc(-c3ccc4ccccc4c3)n2CCCC(C)(C)C)cnc1I.Cl. The van der Waals surface area contributed by atoms with Crippen LogP contribution in [0.15, 0.2) is 54.9 Å². The number of unbranched alkanes of at least 4 members (excludes halogenated alkanes) is 2. The van der Waals surface area contributed by atoms with Crippen LogP contribution in [0.25, 0.3) is 33.5 Å². The van der Waals surface area contributed by atoms with Gasteiger partial charge in [-0.25, -0.2) is 9.97 Å². The van der Waals surface area contributed by atoms with Crippen LogP contribution in [-0.4, -0.2) is 32.7 Å². The molecule has 0 spiro atoms. The number of halogens is 2. The average molecular weight is 620 g/mol. The number of nitrogens with zero attached hydrogens (tertiary/aromatic N) is 4. The summed E-state index contributed by atoms with van der Waals surface area (Å²) in [6.45, 7) is 9.93. The summed E-state index contributed by atoms with van der Waals surface area (Å²) in [7, 11) is 2.02. The topological polar surface area (TPSA) is 47.7 Å². The van der Waals surface area contributed by atoms with Gasteiger partial charge in [-0.2, -0.15) is 0 Å². The molecule has 1 N–H and O–H groups in total. The van der Waals surface area contributed by atoms with E-state index in [2.05, 4.69) is 105 Å². The summed E-state index contributed by atoms with van der Waals surface area (Å²) in [5.41, 5.74) is 3.82. The maximum Gasteiger partial charge on any atom is 0.171 e. The van der Waals surface area contributed by atoms with E-state index >= 15 is 0 Å². The molecule has 5 nitrogen and oxygen atoms in total. The van der Waals surface area contributed by atoms with E-state index in [1.807, 2.05) is 19.4 Å². The Morgan fingerprint density at radius 1 is 0.833 bits per heavy atom. The molecule has 0 atom stereocenters. The number of benzene rings is 2. The first kappa shape index (κ1) is 28.7. The monoisotopic (exact) mass is 619 g/mol. The maximum absolute atomic E-state index is 4.98. The average Bonchev–Trinajstić information content (AvgIpc) is 3.41. The van der Waals surface area contributed by atoms with E-state index < -0.39 is 0 Å². The fourth-order valence-electron chi connectivity index (χ4n) is 4.65. The third kappa shape index (κ3) is 7.11. The summed E-state index contributed by atoms with van der Waals surface area (Å²) >= 11 is 2.36. The summed E-state index contributed by atoms with van der Waals surface area (Å²) in [6, 6.07) is 15.3. The van der Waals surface area contributed by atoms with Crippen LogP contribution >= 0.6 is 35.0 Å². The van der Waals surface area contributed by atoms with Crippen LogP contribution < -0.4 is 5.32 Å². The summed E-state index contributed by atoms with van der Waals surface area (Å²) in [4.78, 5) is 9.65. The normalized spacial score (nSPS) is 11.7. The Balaban J connectivity index is 0.00000361. The van der Waals surface area contributed by atoms with Gasteiger partial charge in [0.25, 0.3) is 0 Å². The van der Waals surface area contributed by atoms with Crippen molar-refractivity contribution in [3.05, 3.63) is 58.7 Å². The van der Waals surface area contributed by atoms with Crippen LogP contribution in [0.2, 0.25) is 0 Å². The third-order valence-corrected chi connectivity index (χ3v) is 7.41. The molecule has 0 bridgehead atoms. The Hall–Kier alpha value is -1.90. The Bertz CT molecular complexity index is 1250. The zero-order valence-electron chi connectivity index (χ0n) is 21.9. The van der Waals surface area contributed by atoms with Crippen molar-refractivity contribution in [1.82, 2.24) is 24.4 Å². The molecule has 0 saturated carbocycles. The number of nitrogens with one attached hydrogen (secondary N) is 1. The van der Waals surface area contributed by atoms with Gasteiger partial charge in [0.2, 0.25) is 0 Å². The number of hydrogen-bond donors (Lipinski definition) is 1. The number of fused-ring (bicyclic) bond motifs is 1. The molecule has 7 heteroatoms. The lowest BCUT2D eigenvalue weighted by Crippen LogP contribution is -2.11. The molecule has 0 saturated heterocycles. The minimum Gasteiger partial charge on any atom is -0.323 e. The Kier molecular flexibility index (Phi) is 10.4. The fraction of sp³-hybridized carbons (Fsp3) is 0.448. The molecule has 36 heavy (non-hydrogen) atoms. The van der Waals surface area contributed by atoms with Gasteiger partial charge >= 0.3 is 0 Å². The second kappa shape index (κ2) is 13.1. The van der Waals surface area contributed by atoms with E-state index in [1.165, 1.54) is 41.3 Å². The number of imidazole rings is 2. The Morgan fingerprint density at radius 2 is 1.56 bits per heavy atom. The third-order valence-electron chi connectivity index (χ3n) is 6.55. The smallest absolute Gasteiger partial charge is 0.171 e. The van der Waals surface area contributed by atoms with E-state index in [9.17, 15) is 0 Å². The van der Waals surface area contributed by atoms with Crippen molar-refractivity contribution in [3.8, 4) is 22.8 Å². The molecular formula is C29H39ClIN5. The predicted molar refractivity (Wildman–Crippen MR) is 163 cm³/mol. The zero-order chi connectivity index (χ0) is 24.8. The predicted octanol–water partition coefficient (Wildman–Crippen LogP) is 7.81. The maximum atomic E-state index is 4.98. The molecule has 0 fully saturated rings. The van der Waals surface area contributed by atoms with Crippen molar-refractivity contribution in [2.75, 3.05) is 13.6 Å². The largest absolute Gasteiger partial charge is 0.323 e. The first-order valence-corrected chi connectivity index (χ1v) is 13.9. The molecule has 2 aromatic carbocycles. The number of hydrogen-bond acceptors (Lipinski definition) is 3. The van der Waals surface area contributed by atoms with Gasteiger partial charge < -0.3 is 14.5 Å². The lowest BCUT2D eigenvalue weighted by Gasteiger charge is -2.20. The Morgan fingerprint density at radius 3 is 2.31 bits per heavy atom. The molecule has 0 aliphatic heterocycles. The molecule has 0 radical (unpaired) electrons. The van der Waals surface area contributed by atoms with Crippen LogP contribution in [0.4, 0.5) is 0 Å². The quantitative estimate of drug-likeness (QED) is 0.138. The van der Waals surface area contributed by atoms with Crippen molar-refractivity contribution >= 4 is 45.8 Å². The molecule has 0 amide bonds. The second-order valence-electron chi connectivity index (χ2n) is 10.6. The molecule has 4 rings (SSSR count). The first-order valence-electron chi connectivity index (χ1n) is 12.8. The Labute approximate surface area is 235 Å². The van der Waals surface area contributed by atoms with Gasteiger partial charge in [-0.1, -0.05) is 63.6 Å². The molecular weight excluding hydrogens is 581 g/mol. The van der Waals surface area contributed by atoms with E-state index in [-0.39, 0.29) is 12.4 Å². The molecule has 4 aromatic rings. The highest BCUT2D eigenvalue weighted by molar-refractivity contribution is 14.1. The first-order chi connectivity index (χ1) is 16.9. The van der Waals surface area contributed by atoms with Gasteiger partial charge in [-0.15, -0.1) is 12.4 Å². The second-order valence-corrected chi connectivity index (χ2v) is 11.5. The van der Waals surface area contributed by atoms with Gasteiger partial charge in [-0.3, -0.25) is 0 Å². The molecule has 0 aliphatic carbocycles. The molecule has 0 aliphatic rings. The standard InChI is InChI=1S/C29H38IN5.ClH/c1-29(2,3)15-10-18-34-25(24-14-13-22-11-6-7-12-23(22)19-24)20-32-27(34)26-21-33-28(30)35(26)17-9-5-8-16-31-4;/h6-7,11-14,19-21,31H,5,8-10,15-18H2,1-4H3;1H. The van der Waals surface area contributed by atoms with E-state index in [1.54, 1.807) is 0 Å². The van der Waals surface area contributed by atoms with Gasteiger partial charge in [0.1, 0.15) is 5.69 Å². The van der Waals surface area contributed by atoms with Crippen LogP contribution in [0.5, 0.6) is 0 Å². The summed E-state index contributed by atoms with van der Waals surface area (Å²) in [5, 5.41) is 5.77. The highest BCUT2D eigenvalue weighted by atomic mass is 127. The van der Waals surface area contributed by atoms with Gasteiger partial charge in [-0.05, 0) is 84.1 Å². The summed E-state index contributed by atoms with van der Waals surface area (Å²) < 4.78 is 5.79. The highest BCUT2D eigenvalue weighted by Gasteiger charge is 2.19. The van der Waals surface area contributed by atoms with Gasteiger partial charge in [0.15, 0.2) is 9.66 Å².